The van der Waals surface area contributed by atoms with Crippen LogP contribution in [0.1, 0.15) is 52.1 Å². The summed E-state index contributed by atoms with van der Waals surface area (Å²) in [5.41, 5.74) is 1.35. The molecule has 0 bridgehead atoms. The number of rotatable bonds is 6. The van der Waals surface area contributed by atoms with Gasteiger partial charge in [-0.15, -0.1) is 11.3 Å². The molecule has 0 amide bonds. The molecular formula is C28H25F4N5O3S2. The van der Waals surface area contributed by atoms with Crippen LogP contribution in [-0.2, 0) is 29.5 Å². The quantitative estimate of drug-likeness (QED) is 0.203. The second kappa shape index (κ2) is 9.97. The first kappa shape index (κ1) is 28.5. The highest BCUT2D eigenvalue weighted by molar-refractivity contribution is 7.92. The maximum Gasteiger partial charge on any atom is 0.427 e. The van der Waals surface area contributed by atoms with E-state index >= 15 is 0 Å². The van der Waals surface area contributed by atoms with Crippen LogP contribution >= 0.6 is 11.3 Å². The zero-order valence-electron chi connectivity index (χ0n) is 22.5. The predicted molar refractivity (Wildman–Crippen MR) is 146 cm³/mol. The molecule has 3 heterocycles. The fourth-order valence-electron chi connectivity index (χ4n) is 6.06. The lowest BCUT2D eigenvalue weighted by molar-refractivity contribution is -0.134. The van der Waals surface area contributed by atoms with Crippen LogP contribution in [0, 0.1) is 17.2 Å². The zero-order valence-corrected chi connectivity index (χ0v) is 24.1. The molecule has 0 radical (unpaired) electrons. The molecule has 3 atom stereocenters. The number of ketones is 1. The van der Waals surface area contributed by atoms with Crippen LogP contribution < -0.4 is 0 Å². The molecule has 8 nitrogen and oxygen atoms in total. The van der Waals surface area contributed by atoms with Crippen molar-refractivity contribution in [1.82, 2.24) is 24.5 Å². The number of halogens is 4. The van der Waals surface area contributed by atoms with Crippen LogP contribution in [0.5, 0.6) is 0 Å². The molecular weight excluding hydrogens is 594 g/mol. The topological polar surface area (TPSA) is 99.7 Å². The minimum Gasteiger partial charge on any atom is -0.290 e. The number of Topliss-reactive ketones (excluding diaryl/α,β-unsaturated/α-hetero) is 1. The van der Waals surface area contributed by atoms with Gasteiger partial charge >= 0.3 is 6.18 Å². The van der Waals surface area contributed by atoms with E-state index in [0.717, 1.165) is 0 Å². The maximum atomic E-state index is 14.2. The van der Waals surface area contributed by atoms with Crippen LogP contribution in [0.15, 0.2) is 59.5 Å². The van der Waals surface area contributed by atoms with E-state index in [2.05, 4.69) is 15.2 Å². The van der Waals surface area contributed by atoms with E-state index in [9.17, 15) is 30.8 Å². The molecule has 3 aromatic heterocycles. The Bertz CT molecular complexity index is 1820. The van der Waals surface area contributed by atoms with Gasteiger partial charge in [0.25, 0.3) is 0 Å². The van der Waals surface area contributed by atoms with Gasteiger partial charge in [-0.25, -0.2) is 22.5 Å². The SMILES string of the molecule is C[C@@H]([C@H]1CCC2=Cc3c(cnn3-c3ccc(F)cc3)C[C@]2(C(=O)c2ncc(C(F)(F)F)s2)C1)S(=O)(=O)c1cnn(C)c1. The first-order chi connectivity index (χ1) is 19.8. The summed E-state index contributed by atoms with van der Waals surface area (Å²) in [4.78, 5) is 17.2. The van der Waals surface area contributed by atoms with Gasteiger partial charge in [0.15, 0.2) is 14.8 Å². The average Bonchev–Trinajstić information content (AvgIpc) is 3.71. The molecule has 42 heavy (non-hydrogen) atoms. The van der Waals surface area contributed by atoms with Gasteiger partial charge < -0.3 is 0 Å². The highest BCUT2D eigenvalue weighted by atomic mass is 32.2. The highest BCUT2D eigenvalue weighted by Gasteiger charge is 2.52. The van der Waals surface area contributed by atoms with Gasteiger partial charge in [0.2, 0.25) is 5.78 Å². The molecule has 220 valence electrons. The number of aryl methyl sites for hydroxylation is 1. The molecule has 0 aliphatic heterocycles. The first-order valence-electron chi connectivity index (χ1n) is 13.1. The van der Waals surface area contributed by atoms with E-state index in [1.807, 2.05) is 6.08 Å². The molecule has 0 spiro atoms. The van der Waals surface area contributed by atoms with E-state index in [-0.39, 0.29) is 22.7 Å². The molecule has 0 saturated heterocycles. The molecule has 0 unspecified atom stereocenters. The fourth-order valence-corrected chi connectivity index (χ4v) is 8.55. The third-order valence-electron chi connectivity index (χ3n) is 8.35. The Morgan fingerprint density at radius 1 is 1.14 bits per heavy atom. The number of hydrogen-bond donors (Lipinski definition) is 0. The lowest BCUT2D eigenvalue weighted by Gasteiger charge is -2.45. The minimum absolute atomic E-state index is 0.0699. The molecule has 1 aromatic carbocycles. The number of aromatic nitrogens is 5. The summed E-state index contributed by atoms with van der Waals surface area (Å²) in [6.45, 7) is 1.60. The normalized spacial score (nSPS) is 21.4. The van der Waals surface area contributed by atoms with Gasteiger partial charge in [0.1, 0.15) is 15.6 Å². The van der Waals surface area contributed by atoms with Crippen molar-refractivity contribution < 1.29 is 30.8 Å². The standard InChI is InChI=1S/C28H25F4N5O3S2/c1-16(42(39,40)22-13-34-36(2)15-22)17-3-4-19-9-23-18(12-35-37(23)21-7-5-20(29)6-8-21)11-27(19,10-17)25(38)26-33-14-24(41-26)28(30,31)32/h5-9,12-17H,3-4,10-11H2,1-2H3/t16-,17-,27+/m0/s1. The fraction of sp³-hybridized carbons (Fsp3) is 0.357. The van der Waals surface area contributed by atoms with Crippen molar-refractivity contribution in [2.75, 3.05) is 0 Å². The van der Waals surface area contributed by atoms with Crippen molar-refractivity contribution in [3.8, 4) is 5.69 Å². The zero-order chi connectivity index (χ0) is 30.0. The number of carbonyl (C=O) groups excluding carboxylic acids is 1. The maximum absolute atomic E-state index is 14.2. The molecule has 4 aromatic rings. The summed E-state index contributed by atoms with van der Waals surface area (Å²) in [6.07, 6.45) is 3.16. The highest BCUT2D eigenvalue weighted by Crippen LogP contribution is 2.53. The average molecular weight is 620 g/mol. The van der Waals surface area contributed by atoms with Gasteiger partial charge in [0, 0.05) is 13.2 Å². The summed E-state index contributed by atoms with van der Waals surface area (Å²) in [6, 6.07) is 5.76. The van der Waals surface area contributed by atoms with Gasteiger partial charge in [-0.05, 0) is 74.4 Å². The molecule has 6 rings (SSSR count). The molecule has 1 fully saturated rings. The summed E-state index contributed by atoms with van der Waals surface area (Å²) in [7, 11) is -2.19. The van der Waals surface area contributed by atoms with Gasteiger partial charge in [-0.3, -0.25) is 9.48 Å². The van der Waals surface area contributed by atoms with Crippen molar-refractivity contribution in [3.05, 3.63) is 81.6 Å². The van der Waals surface area contributed by atoms with Crippen LogP contribution in [0.4, 0.5) is 17.6 Å². The second-order valence-electron chi connectivity index (χ2n) is 10.8. The van der Waals surface area contributed by atoms with Crippen molar-refractivity contribution >= 4 is 33.0 Å². The number of allylic oxidation sites excluding steroid dienone is 1. The lowest BCUT2D eigenvalue weighted by atomic mass is 9.59. The van der Waals surface area contributed by atoms with Crippen molar-refractivity contribution in [2.45, 2.75) is 48.9 Å². The third-order valence-corrected chi connectivity index (χ3v) is 11.6. The van der Waals surface area contributed by atoms with Crippen LogP contribution in [-0.4, -0.2) is 44.0 Å². The van der Waals surface area contributed by atoms with Crippen LogP contribution in [0.3, 0.4) is 0 Å². The van der Waals surface area contributed by atoms with Crippen molar-refractivity contribution in [3.63, 3.8) is 0 Å². The minimum atomic E-state index is -4.65. The summed E-state index contributed by atoms with van der Waals surface area (Å²) in [5.74, 6) is -1.43. The number of thiazole rings is 1. The third kappa shape index (κ3) is 4.70. The largest absolute Gasteiger partial charge is 0.427 e. The van der Waals surface area contributed by atoms with E-state index in [1.54, 1.807) is 37.0 Å². The summed E-state index contributed by atoms with van der Waals surface area (Å²) < 4.78 is 83.9. The Morgan fingerprint density at radius 3 is 2.52 bits per heavy atom. The van der Waals surface area contributed by atoms with E-state index in [4.69, 9.17) is 0 Å². The van der Waals surface area contributed by atoms with Crippen LogP contribution in [0.25, 0.3) is 11.8 Å². The smallest absolute Gasteiger partial charge is 0.290 e. The number of hydrogen-bond acceptors (Lipinski definition) is 7. The summed E-state index contributed by atoms with van der Waals surface area (Å²) >= 11 is 0.293. The Kier molecular flexibility index (Phi) is 6.76. The predicted octanol–water partition coefficient (Wildman–Crippen LogP) is 5.69. The Morgan fingerprint density at radius 2 is 1.88 bits per heavy atom. The molecule has 2 aliphatic rings. The number of carbonyl (C=O) groups is 1. The van der Waals surface area contributed by atoms with Gasteiger partial charge in [0.05, 0.1) is 40.6 Å². The molecule has 2 aliphatic carbocycles. The van der Waals surface area contributed by atoms with E-state index < -0.39 is 49.1 Å². The number of benzene rings is 1. The number of sulfone groups is 1. The lowest BCUT2D eigenvalue weighted by Crippen LogP contribution is -2.45. The summed E-state index contributed by atoms with van der Waals surface area (Å²) in [5, 5.41) is 7.30. The molecule has 1 saturated carbocycles. The first-order valence-corrected chi connectivity index (χ1v) is 15.5. The number of nitrogens with zero attached hydrogens (tertiary/aromatic N) is 5. The van der Waals surface area contributed by atoms with E-state index in [0.29, 0.717) is 52.9 Å². The molecule has 0 N–H and O–H groups in total. The molecule has 14 heteroatoms. The van der Waals surface area contributed by atoms with Crippen molar-refractivity contribution in [2.24, 2.45) is 18.4 Å². The van der Waals surface area contributed by atoms with Crippen molar-refractivity contribution in [1.29, 1.82) is 0 Å². The Balaban J connectivity index is 1.42. The van der Waals surface area contributed by atoms with Gasteiger partial charge in [-0.2, -0.15) is 23.4 Å². The Labute approximate surface area is 242 Å². The van der Waals surface area contributed by atoms with Gasteiger partial charge in [-0.1, -0.05) is 5.57 Å². The van der Waals surface area contributed by atoms with Crippen LogP contribution in [0.2, 0.25) is 0 Å². The monoisotopic (exact) mass is 619 g/mol. The second-order valence-corrected chi connectivity index (χ2v) is 14.2. The van der Waals surface area contributed by atoms with E-state index in [1.165, 1.54) is 29.2 Å². The number of alkyl halides is 3. The number of fused-ring (bicyclic) bond motifs is 2. The Hall–Kier alpha value is -3.65.